The Bertz CT molecular complexity index is 760. The lowest BCUT2D eigenvalue weighted by Gasteiger charge is -1.99. The third-order valence-electron chi connectivity index (χ3n) is 2.79. The van der Waals surface area contributed by atoms with E-state index in [-0.39, 0.29) is 0 Å². The Hall–Kier alpha value is -1.85. The summed E-state index contributed by atoms with van der Waals surface area (Å²) in [7, 11) is 0. The van der Waals surface area contributed by atoms with Gasteiger partial charge in [-0.05, 0) is 25.1 Å². The van der Waals surface area contributed by atoms with Crippen molar-refractivity contribution in [3.05, 3.63) is 59.3 Å². The second kappa shape index (κ2) is 6.28. The van der Waals surface area contributed by atoms with E-state index >= 15 is 0 Å². The molecule has 0 aliphatic carbocycles. The fourth-order valence-electron chi connectivity index (χ4n) is 1.78. The molecule has 0 atom stereocenters. The maximum atomic E-state index is 6.15. The summed E-state index contributed by atoms with van der Waals surface area (Å²) in [4.78, 5) is 12.8. The number of hydrogen-bond donors (Lipinski definition) is 0. The molecular weight excluding hydrogens is 306 g/mol. The normalized spacial score (nSPS) is 10.8. The number of benzene rings is 1. The van der Waals surface area contributed by atoms with Crippen LogP contribution in [0.2, 0.25) is 5.02 Å². The maximum absolute atomic E-state index is 6.15. The largest absolute Gasteiger partial charge is 0.440 e. The zero-order chi connectivity index (χ0) is 14.7. The quantitative estimate of drug-likeness (QED) is 0.528. The van der Waals surface area contributed by atoms with Crippen LogP contribution < -0.4 is 0 Å². The standard InChI is InChI=1S/C15H12ClN3OS/c1-10-6-7-17-15(19-10)21-9-14-18-8-13(20-14)11-4-2-3-5-12(11)16/h2-8H,9H2,1H3. The van der Waals surface area contributed by atoms with Crippen LogP contribution in [-0.2, 0) is 5.75 Å². The monoisotopic (exact) mass is 317 g/mol. The van der Waals surface area contributed by atoms with E-state index in [4.69, 9.17) is 16.0 Å². The second-order valence-corrected chi connectivity index (χ2v) is 5.72. The van der Waals surface area contributed by atoms with Crippen molar-refractivity contribution in [2.45, 2.75) is 17.8 Å². The summed E-state index contributed by atoms with van der Waals surface area (Å²) in [5, 5.41) is 1.36. The van der Waals surface area contributed by atoms with E-state index in [2.05, 4.69) is 15.0 Å². The van der Waals surface area contributed by atoms with E-state index in [0.29, 0.717) is 27.6 Å². The molecule has 6 heteroatoms. The van der Waals surface area contributed by atoms with Crippen molar-refractivity contribution in [3.63, 3.8) is 0 Å². The van der Waals surface area contributed by atoms with Crippen molar-refractivity contribution in [1.82, 2.24) is 15.0 Å². The number of aryl methyl sites for hydroxylation is 1. The van der Waals surface area contributed by atoms with Crippen LogP contribution >= 0.6 is 23.4 Å². The lowest BCUT2D eigenvalue weighted by Crippen LogP contribution is -1.89. The van der Waals surface area contributed by atoms with E-state index < -0.39 is 0 Å². The van der Waals surface area contributed by atoms with E-state index in [9.17, 15) is 0 Å². The molecule has 3 aromatic rings. The average Bonchev–Trinajstić information content (AvgIpc) is 2.94. The van der Waals surface area contributed by atoms with Crippen LogP contribution in [0.3, 0.4) is 0 Å². The highest BCUT2D eigenvalue weighted by Gasteiger charge is 2.10. The Morgan fingerprint density at radius 3 is 2.86 bits per heavy atom. The van der Waals surface area contributed by atoms with Crippen LogP contribution in [0.5, 0.6) is 0 Å². The van der Waals surface area contributed by atoms with Crippen LogP contribution in [0.25, 0.3) is 11.3 Å². The Balaban J connectivity index is 1.72. The fraction of sp³-hybridized carbons (Fsp3) is 0.133. The first-order valence-electron chi connectivity index (χ1n) is 6.34. The van der Waals surface area contributed by atoms with Gasteiger partial charge in [-0.15, -0.1) is 0 Å². The molecule has 0 spiro atoms. The molecule has 21 heavy (non-hydrogen) atoms. The lowest BCUT2D eigenvalue weighted by molar-refractivity contribution is 0.530. The number of aromatic nitrogens is 3. The smallest absolute Gasteiger partial charge is 0.205 e. The molecule has 0 N–H and O–H groups in total. The van der Waals surface area contributed by atoms with Gasteiger partial charge in [-0.25, -0.2) is 15.0 Å². The first-order valence-corrected chi connectivity index (χ1v) is 7.71. The molecule has 2 heterocycles. The van der Waals surface area contributed by atoms with Crippen LogP contribution in [0.4, 0.5) is 0 Å². The molecule has 0 radical (unpaired) electrons. The van der Waals surface area contributed by atoms with Crippen LogP contribution in [0.1, 0.15) is 11.6 Å². The van der Waals surface area contributed by atoms with E-state index in [0.717, 1.165) is 11.3 Å². The summed E-state index contributed by atoms with van der Waals surface area (Å²) < 4.78 is 5.73. The number of oxazole rings is 1. The predicted molar refractivity (Wildman–Crippen MR) is 83.3 cm³/mol. The van der Waals surface area contributed by atoms with Gasteiger partial charge in [0.2, 0.25) is 5.89 Å². The summed E-state index contributed by atoms with van der Waals surface area (Å²) in [6, 6.07) is 9.40. The molecule has 0 bridgehead atoms. The molecule has 0 amide bonds. The number of rotatable bonds is 4. The first-order chi connectivity index (χ1) is 10.2. The Morgan fingerprint density at radius 2 is 2.05 bits per heavy atom. The third-order valence-corrected chi connectivity index (χ3v) is 3.97. The zero-order valence-corrected chi connectivity index (χ0v) is 12.9. The lowest BCUT2D eigenvalue weighted by atomic mass is 10.2. The fourth-order valence-corrected chi connectivity index (χ4v) is 2.74. The van der Waals surface area contributed by atoms with Crippen LogP contribution in [0, 0.1) is 6.92 Å². The predicted octanol–water partition coefficient (Wildman–Crippen LogP) is 4.39. The molecule has 0 unspecified atom stereocenters. The highest BCUT2D eigenvalue weighted by atomic mass is 35.5. The van der Waals surface area contributed by atoms with Gasteiger partial charge in [0.25, 0.3) is 0 Å². The van der Waals surface area contributed by atoms with Crippen molar-refractivity contribution in [2.75, 3.05) is 0 Å². The van der Waals surface area contributed by atoms with E-state index in [1.54, 1.807) is 12.4 Å². The van der Waals surface area contributed by atoms with Crippen molar-refractivity contribution in [1.29, 1.82) is 0 Å². The zero-order valence-electron chi connectivity index (χ0n) is 11.3. The second-order valence-electron chi connectivity index (χ2n) is 4.37. The molecule has 4 nitrogen and oxygen atoms in total. The van der Waals surface area contributed by atoms with Gasteiger partial charge in [0.15, 0.2) is 10.9 Å². The molecule has 1 aromatic carbocycles. The third kappa shape index (κ3) is 3.43. The number of hydrogen-bond acceptors (Lipinski definition) is 5. The molecule has 0 saturated carbocycles. The maximum Gasteiger partial charge on any atom is 0.205 e. The Kier molecular flexibility index (Phi) is 4.22. The summed E-state index contributed by atoms with van der Waals surface area (Å²) in [5.41, 5.74) is 1.78. The van der Waals surface area contributed by atoms with Gasteiger partial charge in [-0.2, -0.15) is 0 Å². The molecular formula is C15H12ClN3OS. The number of thioether (sulfide) groups is 1. The summed E-state index contributed by atoms with van der Waals surface area (Å²) in [5.74, 6) is 1.87. The van der Waals surface area contributed by atoms with Gasteiger partial charge in [0.1, 0.15) is 0 Å². The van der Waals surface area contributed by atoms with Gasteiger partial charge in [-0.3, -0.25) is 0 Å². The van der Waals surface area contributed by atoms with Crippen LogP contribution in [-0.4, -0.2) is 15.0 Å². The van der Waals surface area contributed by atoms with E-state index in [1.807, 2.05) is 37.3 Å². The molecule has 0 fully saturated rings. The Labute approximate surface area is 131 Å². The topological polar surface area (TPSA) is 51.8 Å². The van der Waals surface area contributed by atoms with Crippen molar-refractivity contribution < 1.29 is 4.42 Å². The highest BCUT2D eigenvalue weighted by Crippen LogP contribution is 2.29. The summed E-state index contributed by atoms with van der Waals surface area (Å²) >= 11 is 7.63. The average molecular weight is 318 g/mol. The minimum atomic E-state index is 0.577. The van der Waals surface area contributed by atoms with Crippen molar-refractivity contribution >= 4 is 23.4 Å². The van der Waals surface area contributed by atoms with Gasteiger partial charge in [-0.1, -0.05) is 35.5 Å². The number of nitrogens with zero attached hydrogens (tertiary/aromatic N) is 3. The van der Waals surface area contributed by atoms with Gasteiger partial charge < -0.3 is 4.42 Å². The molecule has 106 valence electrons. The van der Waals surface area contributed by atoms with Gasteiger partial charge in [0.05, 0.1) is 17.0 Å². The van der Waals surface area contributed by atoms with Gasteiger partial charge >= 0.3 is 0 Å². The Morgan fingerprint density at radius 1 is 1.19 bits per heavy atom. The summed E-state index contributed by atoms with van der Waals surface area (Å²) in [6.45, 7) is 1.94. The molecule has 0 aliphatic heterocycles. The SMILES string of the molecule is Cc1ccnc(SCc2ncc(-c3ccccc3Cl)o2)n1. The number of halogens is 1. The molecule has 3 rings (SSSR count). The molecule has 2 aromatic heterocycles. The molecule has 0 aliphatic rings. The van der Waals surface area contributed by atoms with Crippen LogP contribution in [0.15, 0.2) is 52.3 Å². The molecule has 0 saturated heterocycles. The van der Waals surface area contributed by atoms with Crippen molar-refractivity contribution in [3.8, 4) is 11.3 Å². The first kappa shape index (κ1) is 14.1. The van der Waals surface area contributed by atoms with E-state index in [1.165, 1.54) is 11.8 Å². The summed E-state index contributed by atoms with van der Waals surface area (Å²) in [6.07, 6.45) is 3.43. The minimum absolute atomic E-state index is 0.577. The van der Waals surface area contributed by atoms with Gasteiger partial charge in [0, 0.05) is 17.5 Å². The highest BCUT2D eigenvalue weighted by molar-refractivity contribution is 7.98. The minimum Gasteiger partial charge on any atom is -0.440 e. The van der Waals surface area contributed by atoms with Crippen molar-refractivity contribution in [2.24, 2.45) is 0 Å².